The molecule has 22 heavy (non-hydrogen) atoms. The second kappa shape index (κ2) is 5.38. The van der Waals surface area contributed by atoms with E-state index in [-0.39, 0.29) is 6.42 Å². The molecular weight excluding hydrogens is 306 g/mol. The topological polar surface area (TPSA) is 200 Å². The first-order valence-corrected chi connectivity index (χ1v) is 6.42. The highest BCUT2D eigenvalue weighted by Gasteiger charge is 2.73. The molecule has 2 aliphatic rings. The number of carbonyl (C=O) groups excluding carboxylic acids is 2. The normalized spacial score (nSPS) is 50.0. The third-order valence-corrected chi connectivity index (χ3v) is 3.80. The van der Waals surface area contributed by atoms with Crippen molar-refractivity contribution in [2.75, 3.05) is 0 Å². The Morgan fingerprint density at radius 1 is 0.955 bits per heavy atom. The van der Waals surface area contributed by atoms with Crippen LogP contribution in [-0.2, 0) is 19.1 Å². The van der Waals surface area contributed by atoms with Crippen LogP contribution in [0.4, 0.5) is 0 Å². The van der Waals surface area contributed by atoms with E-state index < -0.39 is 60.4 Å². The number of ether oxygens (including phenoxy) is 2. The Morgan fingerprint density at radius 3 is 1.91 bits per heavy atom. The molecule has 1 aliphatic carbocycles. The van der Waals surface area contributed by atoms with Crippen molar-refractivity contribution in [3.05, 3.63) is 0 Å². The molecule has 8 N–H and O–H groups in total. The Bertz CT molecular complexity index is 485. The summed E-state index contributed by atoms with van der Waals surface area (Å²) in [6, 6.07) is -1.38. The van der Waals surface area contributed by atoms with Crippen molar-refractivity contribution < 1.29 is 49.7 Å². The molecule has 0 aromatic rings. The van der Waals surface area contributed by atoms with Crippen LogP contribution in [0.1, 0.15) is 12.8 Å². The molecule has 1 saturated carbocycles. The minimum atomic E-state index is -3.43. The maximum Gasteiger partial charge on any atom is 0.325 e. The van der Waals surface area contributed by atoms with Gasteiger partial charge in [-0.05, 0) is 6.42 Å². The number of aliphatic hydroxyl groups excluding tert-OH is 4. The standard InChI is InChI=1S/C11H17NO10/c12-3-1-2-4(13)21-10(19)7(16)5(14)6(15)8(17)11(10,20)22-9(3)18/h3,5-8,14-17,19-20H,1-2,12H2/t3-,5-,6-,7+,8-,10+,11-/m1/s1. The molecule has 0 aromatic heterocycles. The number of rotatable bonds is 0. The molecule has 0 aromatic carbocycles. The van der Waals surface area contributed by atoms with E-state index in [1.807, 2.05) is 0 Å². The summed E-state index contributed by atoms with van der Waals surface area (Å²) in [5.74, 6) is -9.32. The van der Waals surface area contributed by atoms with Gasteiger partial charge in [-0.2, -0.15) is 0 Å². The van der Waals surface area contributed by atoms with E-state index in [4.69, 9.17) is 5.73 Å². The van der Waals surface area contributed by atoms with E-state index in [1.54, 1.807) is 0 Å². The van der Waals surface area contributed by atoms with Gasteiger partial charge in [-0.25, -0.2) is 0 Å². The largest absolute Gasteiger partial charge is 0.423 e. The first-order valence-electron chi connectivity index (χ1n) is 6.42. The highest BCUT2D eigenvalue weighted by Crippen LogP contribution is 2.41. The molecule has 0 bridgehead atoms. The third-order valence-electron chi connectivity index (χ3n) is 3.80. The quantitative estimate of drug-likeness (QED) is 0.210. The van der Waals surface area contributed by atoms with Gasteiger partial charge >= 0.3 is 23.5 Å². The van der Waals surface area contributed by atoms with Gasteiger partial charge in [0.2, 0.25) is 0 Å². The van der Waals surface area contributed by atoms with Crippen LogP contribution in [-0.4, -0.2) is 84.6 Å². The van der Waals surface area contributed by atoms with E-state index in [0.717, 1.165) is 0 Å². The summed E-state index contributed by atoms with van der Waals surface area (Å²) in [5.41, 5.74) is 5.41. The Kier molecular flexibility index (Phi) is 4.16. The fraction of sp³-hybridized carbons (Fsp3) is 0.818. The van der Waals surface area contributed by atoms with Crippen LogP contribution in [0.25, 0.3) is 0 Å². The summed E-state index contributed by atoms with van der Waals surface area (Å²) in [6.07, 6.45) is -10.1. The molecule has 2 fully saturated rings. The summed E-state index contributed by atoms with van der Waals surface area (Å²) >= 11 is 0. The van der Waals surface area contributed by atoms with Gasteiger partial charge in [0.25, 0.3) is 0 Å². The molecule has 2 rings (SSSR count). The monoisotopic (exact) mass is 323 g/mol. The molecule has 1 saturated heterocycles. The number of hydrogen-bond donors (Lipinski definition) is 7. The Hall–Kier alpha value is -1.34. The number of aliphatic hydroxyl groups is 6. The van der Waals surface area contributed by atoms with Gasteiger partial charge in [0, 0.05) is 6.42 Å². The zero-order valence-corrected chi connectivity index (χ0v) is 11.2. The van der Waals surface area contributed by atoms with Crippen molar-refractivity contribution in [3.63, 3.8) is 0 Å². The lowest BCUT2D eigenvalue weighted by Gasteiger charge is -2.51. The van der Waals surface area contributed by atoms with E-state index in [1.165, 1.54) is 0 Å². The number of hydrogen-bond acceptors (Lipinski definition) is 11. The molecule has 0 radical (unpaired) electrons. The summed E-state index contributed by atoms with van der Waals surface area (Å²) in [7, 11) is 0. The Labute approximate surface area is 123 Å². The molecule has 11 nitrogen and oxygen atoms in total. The molecule has 1 aliphatic heterocycles. The van der Waals surface area contributed by atoms with Gasteiger partial charge in [-0.3, -0.25) is 9.59 Å². The average Bonchev–Trinajstić information content (AvgIpc) is 2.49. The Morgan fingerprint density at radius 2 is 1.41 bits per heavy atom. The van der Waals surface area contributed by atoms with E-state index in [9.17, 15) is 40.2 Å². The maximum atomic E-state index is 11.7. The first kappa shape index (κ1) is 17.0. The maximum absolute atomic E-state index is 11.7. The highest BCUT2D eigenvalue weighted by atomic mass is 16.8. The molecule has 0 unspecified atom stereocenters. The van der Waals surface area contributed by atoms with Gasteiger partial charge < -0.3 is 45.8 Å². The van der Waals surface area contributed by atoms with E-state index in [2.05, 4.69) is 9.47 Å². The Balaban J connectivity index is 2.55. The second-order valence-corrected chi connectivity index (χ2v) is 5.30. The van der Waals surface area contributed by atoms with Crippen LogP contribution in [0.2, 0.25) is 0 Å². The molecule has 7 atom stereocenters. The number of carbonyl (C=O) groups is 2. The van der Waals surface area contributed by atoms with Crippen molar-refractivity contribution in [3.8, 4) is 0 Å². The smallest absolute Gasteiger partial charge is 0.325 e. The summed E-state index contributed by atoms with van der Waals surface area (Å²) < 4.78 is 9.03. The third kappa shape index (κ3) is 2.27. The second-order valence-electron chi connectivity index (χ2n) is 5.30. The van der Waals surface area contributed by atoms with Gasteiger partial charge in [0.05, 0.1) is 0 Å². The van der Waals surface area contributed by atoms with Gasteiger partial charge in [0.15, 0.2) is 12.2 Å². The predicted octanol–water partition coefficient (Wildman–Crippen LogP) is -4.97. The first-order chi connectivity index (χ1) is 10.0. The zero-order chi connectivity index (χ0) is 16.9. The SMILES string of the molecule is N[C@@H]1CCC(=O)O[C@@]2(O)[C@@H](O)[C@H](O)[C@@H](O)[C@@H](O)[C@@]2(O)OC1=O. The fourth-order valence-electron chi connectivity index (χ4n) is 2.37. The average molecular weight is 323 g/mol. The summed E-state index contributed by atoms with van der Waals surface area (Å²) in [5, 5.41) is 59.4. The highest BCUT2D eigenvalue weighted by molar-refractivity contribution is 5.78. The lowest BCUT2D eigenvalue weighted by atomic mass is 9.79. The van der Waals surface area contributed by atoms with Crippen molar-refractivity contribution in [2.45, 2.75) is 54.9 Å². The minimum Gasteiger partial charge on any atom is -0.423 e. The molecule has 1 heterocycles. The van der Waals surface area contributed by atoms with Gasteiger partial charge in [0.1, 0.15) is 18.2 Å². The van der Waals surface area contributed by atoms with Crippen LogP contribution in [0.15, 0.2) is 0 Å². The van der Waals surface area contributed by atoms with Crippen LogP contribution in [0.5, 0.6) is 0 Å². The van der Waals surface area contributed by atoms with Crippen molar-refractivity contribution in [2.24, 2.45) is 5.73 Å². The number of esters is 2. The van der Waals surface area contributed by atoms with Crippen molar-refractivity contribution in [1.82, 2.24) is 0 Å². The van der Waals surface area contributed by atoms with Crippen molar-refractivity contribution in [1.29, 1.82) is 0 Å². The molecule has 126 valence electrons. The molecular formula is C11H17NO10. The lowest BCUT2D eigenvalue weighted by molar-refractivity contribution is -0.442. The predicted molar refractivity (Wildman–Crippen MR) is 63.3 cm³/mol. The number of fused-ring (bicyclic) bond motifs is 1. The zero-order valence-electron chi connectivity index (χ0n) is 11.2. The van der Waals surface area contributed by atoms with Crippen LogP contribution in [0.3, 0.4) is 0 Å². The van der Waals surface area contributed by atoms with E-state index >= 15 is 0 Å². The van der Waals surface area contributed by atoms with Crippen LogP contribution in [0, 0.1) is 0 Å². The lowest BCUT2D eigenvalue weighted by Crippen LogP contribution is -2.80. The van der Waals surface area contributed by atoms with Crippen LogP contribution >= 0.6 is 0 Å². The van der Waals surface area contributed by atoms with Gasteiger partial charge in [-0.15, -0.1) is 0 Å². The number of nitrogens with two attached hydrogens (primary N) is 1. The molecule has 0 spiro atoms. The molecule has 0 amide bonds. The van der Waals surface area contributed by atoms with Crippen molar-refractivity contribution >= 4 is 11.9 Å². The fourth-order valence-corrected chi connectivity index (χ4v) is 2.37. The minimum absolute atomic E-state index is 0.249. The van der Waals surface area contributed by atoms with Crippen LogP contribution < -0.4 is 5.73 Å². The summed E-state index contributed by atoms with van der Waals surface area (Å²) in [6.45, 7) is 0. The summed E-state index contributed by atoms with van der Waals surface area (Å²) in [4.78, 5) is 23.4. The molecule has 11 heteroatoms. The van der Waals surface area contributed by atoms with Gasteiger partial charge in [-0.1, -0.05) is 0 Å². The van der Waals surface area contributed by atoms with E-state index in [0.29, 0.717) is 0 Å².